The third-order valence-corrected chi connectivity index (χ3v) is 3.31. The van der Waals surface area contributed by atoms with Crippen molar-refractivity contribution < 1.29 is 24.6 Å². The Morgan fingerprint density at radius 2 is 2.05 bits per heavy atom. The molecule has 0 spiro atoms. The molecule has 110 valence electrons. The number of rotatable bonds is 3. The molecule has 1 heterocycles. The van der Waals surface area contributed by atoms with Crippen molar-refractivity contribution in [3.05, 3.63) is 35.2 Å². The Morgan fingerprint density at radius 3 is 2.67 bits per heavy atom. The second-order valence-electron chi connectivity index (χ2n) is 5.15. The minimum absolute atomic E-state index is 0.294. The number of hydrogen-bond acceptors (Lipinski definition) is 5. The van der Waals surface area contributed by atoms with E-state index in [0.717, 1.165) is 0 Å². The number of ketones is 1. The van der Waals surface area contributed by atoms with Gasteiger partial charge in [-0.25, -0.2) is 0 Å². The van der Waals surface area contributed by atoms with Crippen LogP contribution in [-0.2, 0) is 19.8 Å². The Kier molecular flexibility index (Phi) is 3.51. The Balaban J connectivity index is 2.52. The first-order valence-corrected chi connectivity index (χ1v) is 6.20. The van der Waals surface area contributed by atoms with E-state index in [9.17, 15) is 19.5 Å². The lowest BCUT2D eigenvalue weighted by Gasteiger charge is -2.30. The van der Waals surface area contributed by atoms with Crippen LogP contribution in [0.3, 0.4) is 0 Å². The molecule has 1 aliphatic rings. The van der Waals surface area contributed by atoms with E-state index in [4.69, 9.17) is 5.11 Å². The van der Waals surface area contributed by atoms with Gasteiger partial charge in [-0.3, -0.25) is 19.4 Å². The summed E-state index contributed by atoms with van der Waals surface area (Å²) in [5.41, 5.74) is -0.856. The zero-order chi connectivity index (χ0) is 15.8. The number of carbonyl (C=O) groups is 3. The van der Waals surface area contributed by atoms with E-state index in [1.54, 1.807) is 26.0 Å². The van der Waals surface area contributed by atoms with Crippen LogP contribution in [0, 0.1) is 0 Å². The fraction of sp³-hybridized carbons (Fsp3) is 0.286. The third-order valence-electron chi connectivity index (χ3n) is 3.31. The molecule has 21 heavy (non-hydrogen) atoms. The number of aromatic nitrogens is 1. The molecule has 0 saturated carbocycles. The van der Waals surface area contributed by atoms with Gasteiger partial charge in [0.25, 0.3) is 5.91 Å². The van der Waals surface area contributed by atoms with Crippen LogP contribution in [0.2, 0.25) is 0 Å². The molecule has 1 aromatic rings. The SMILES string of the molecule is CC1(C)C(=O)C(C(=O)NCC(=O)O)=C(O)c2cccnc21. The summed E-state index contributed by atoms with van der Waals surface area (Å²) < 4.78 is 0. The largest absolute Gasteiger partial charge is 0.506 e. The van der Waals surface area contributed by atoms with Crippen molar-refractivity contribution in [3.63, 3.8) is 0 Å². The zero-order valence-corrected chi connectivity index (χ0v) is 11.5. The summed E-state index contributed by atoms with van der Waals surface area (Å²) in [6.07, 6.45) is 1.50. The van der Waals surface area contributed by atoms with Crippen molar-refractivity contribution in [2.45, 2.75) is 19.3 Å². The van der Waals surface area contributed by atoms with Crippen molar-refractivity contribution in [2.24, 2.45) is 0 Å². The number of aliphatic hydroxyl groups excluding tert-OH is 1. The molecule has 0 aromatic carbocycles. The van der Waals surface area contributed by atoms with Gasteiger partial charge in [0.2, 0.25) is 0 Å². The fourth-order valence-electron chi connectivity index (χ4n) is 2.21. The number of nitrogens with zero attached hydrogens (tertiary/aromatic N) is 1. The van der Waals surface area contributed by atoms with E-state index in [1.165, 1.54) is 6.20 Å². The molecule has 7 nitrogen and oxygen atoms in total. The number of Topliss-reactive ketones (excluding diaryl/α,β-unsaturated/α-hetero) is 1. The summed E-state index contributed by atoms with van der Waals surface area (Å²) in [5.74, 6) is -3.24. The molecule has 0 aliphatic heterocycles. The average Bonchev–Trinajstić information content (AvgIpc) is 2.43. The molecule has 0 fully saturated rings. The molecule has 1 aromatic heterocycles. The summed E-state index contributed by atoms with van der Waals surface area (Å²) in [6, 6.07) is 3.13. The fourth-order valence-corrected chi connectivity index (χ4v) is 2.21. The molecule has 0 saturated heterocycles. The van der Waals surface area contributed by atoms with E-state index in [2.05, 4.69) is 10.3 Å². The number of fused-ring (bicyclic) bond motifs is 1. The van der Waals surface area contributed by atoms with E-state index in [0.29, 0.717) is 11.3 Å². The molecule has 2 rings (SSSR count). The second kappa shape index (κ2) is 5.01. The maximum atomic E-state index is 12.4. The van der Waals surface area contributed by atoms with Crippen LogP contribution in [0.5, 0.6) is 0 Å². The summed E-state index contributed by atoms with van der Waals surface area (Å²) in [5, 5.41) is 20.8. The molecule has 0 bridgehead atoms. The number of aliphatic carboxylic acids is 1. The number of pyridine rings is 1. The Morgan fingerprint density at radius 1 is 1.38 bits per heavy atom. The van der Waals surface area contributed by atoms with Gasteiger partial charge in [-0.1, -0.05) is 0 Å². The predicted molar refractivity (Wildman–Crippen MR) is 72.5 cm³/mol. The molecule has 3 N–H and O–H groups in total. The number of hydrogen-bond donors (Lipinski definition) is 3. The lowest BCUT2D eigenvalue weighted by Crippen LogP contribution is -2.42. The highest BCUT2D eigenvalue weighted by molar-refractivity contribution is 6.28. The number of amides is 1. The summed E-state index contributed by atoms with van der Waals surface area (Å²) >= 11 is 0. The van der Waals surface area contributed by atoms with E-state index >= 15 is 0 Å². The molecule has 1 aliphatic carbocycles. The molecule has 0 radical (unpaired) electrons. The monoisotopic (exact) mass is 290 g/mol. The maximum absolute atomic E-state index is 12.4. The first-order chi connectivity index (χ1) is 9.76. The number of nitrogens with one attached hydrogen (secondary N) is 1. The summed E-state index contributed by atoms with van der Waals surface area (Å²) in [7, 11) is 0. The highest BCUT2D eigenvalue weighted by atomic mass is 16.4. The van der Waals surface area contributed by atoms with Gasteiger partial charge in [0, 0.05) is 11.8 Å². The van der Waals surface area contributed by atoms with Gasteiger partial charge in [-0.15, -0.1) is 0 Å². The zero-order valence-electron chi connectivity index (χ0n) is 11.5. The van der Waals surface area contributed by atoms with Gasteiger partial charge in [0.1, 0.15) is 17.9 Å². The Bertz CT molecular complexity index is 676. The average molecular weight is 290 g/mol. The van der Waals surface area contributed by atoms with Crippen molar-refractivity contribution >= 4 is 23.4 Å². The lowest BCUT2D eigenvalue weighted by molar-refractivity contribution is -0.138. The highest BCUT2D eigenvalue weighted by Gasteiger charge is 2.44. The van der Waals surface area contributed by atoms with Crippen LogP contribution in [-0.4, -0.2) is 39.4 Å². The molecule has 0 unspecified atom stereocenters. The van der Waals surface area contributed by atoms with Crippen LogP contribution in [0.1, 0.15) is 25.1 Å². The van der Waals surface area contributed by atoms with Crippen molar-refractivity contribution in [2.75, 3.05) is 6.54 Å². The topological polar surface area (TPSA) is 117 Å². The quantitative estimate of drug-likeness (QED) is 0.694. The van der Waals surface area contributed by atoms with Crippen LogP contribution < -0.4 is 5.32 Å². The van der Waals surface area contributed by atoms with Crippen molar-refractivity contribution in [3.8, 4) is 0 Å². The van der Waals surface area contributed by atoms with E-state index < -0.39 is 41.0 Å². The van der Waals surface area contributed by atoms with Gasteiger partial charge in [0.15, 0.2) is 5.78 Å². The van der Waals surface area contributed by atoms with Gasteiger partial charge >= 0.3 is 5.97 Å². The van der Waals surface area contributed by atoms with Crippen molar-refractivity contribution in [1.82, 2.24) is 10.3 Å². The van der Waals surface area contributed by atoms with E-state index in [1.807, 2.05) is 0 Å². The van der Waals surface area contributed by atoms with Gasteiger partial charge < -0.3 is 15.5 Å². The van der Waals surface area contributed by atoms with Crippen LogP contribution in [0.15, 0.2) is 23.9 Å². The van der Waals surface area contributed by atoms with Gasteiger partial charge in [-0.2, -0.15) is 0 Å². The molecule has 7 heteroatoms. The Hall–Kier alpha value is -2.70. The third kappa shape index (κ3) is 2.37. The molecule has 1 amide bonds. The Labute approximate surface area is 120 Å². The standard InChI is InChI=1S/C14H14N2O5/c1-14(2)11-7(4-3-5-15-11)10(19)9(12(14)20)13(21)16-6-8(17)18/h3-5,19H,6H2,1-2H3,(H,16,21)(H,17,18). The van der Waals surface area contributed by atoms with E-state index in [-0.39, 0.29) is 0 Å². The number of carbonyl (C=O) groups excluding carboxylic acids is 2. The van der Waals surface area contributed by atoms with Gasteiger partial charge in [-0.05, 0) is 26.0 Å². The second-order valence-corrected chi connectivity index (χ2v) is 5.15. The number of carboxylic acids is 1. The number of aliphatic hydroxyl groups is 1. The highest BCUT2D eigenvalue weighted by Crippen LogP contribution is 2.37. The first kappa shape index (κ1) is 14.7. The normalized spacial score (nSPS) is 16.4. The first-order valence-electron chi connectivity index (χ1n) is 6.20. The van der Waals surface area contributed by atoms with Crippen LogP contribution >= 0.6 is 0 Å². The molecular formula is C14H14N2O5. The summed E-state index contributed by atoms with van der Waals surface area (Å²) in [4.78, 5) is 39.0. The minimum atomic E-state index is -1.24. The summed E-state index contributed by atoms with van der Waals surface area (Å²) in [6.45, 7) is 2.55. The molecule has 0 atom stereocenters. The molecular weight excluding hydrogens is 276 g/mol. The number of carboxylic acid groups (broad SMARTS) is 1. The smallest absolute Gasteiger partial charge is 0.322 e. The maximum Gasteiger partial charge on any atom is 0.322 e. The van der Waals surface area contributed by atoms with Crippen molar-refractivity contribution in [1.29, 1.82) is 0 Å². The minimum Gasteiger partial charge on any atom is -0.506 e. The van der Waals surface area contributed by atoms with Crippen LogP contribution in [0.4, 0.5) is 0 Å². The lowest BCUT2D eigenvalue weighted by atomic mass is 9.73. The van der Waals surface area contributed by atoms with Gasteiger partial charge in [0.05, 0.1) is 11.1 Å². The predicted octanol–water partition coefficient (Wildman–Crippen LogP) is 0.412. The van der Waals surface area contributed by atoms with Crippen LogP contribution in [0.25, 0.3) is 5.76 Å².